The second kappa shape index (κ2) is 9.64. The van der Waals surface area contributed by atoms with Gasteiger partial charge in [-0.3, -0.25) is 4.79 Å². The van der Waals surface area contributed by atoms with Crippen LogP contribution in [0.3, 0.4) is 0 Å². The molecule has 1 fully saturated rings. The minimum absolute atomic E-state index is 0.104. The third-order valence-corrected chi connectivity index (χ3v) is 6.51. The van der Waals surface area contributed by atoms with Crippen LogP contribution in [0.25, 0.3) is 16.9 Å². The molecule has 0 radical (unpaired) electrons. The van der Waals surface area contributed by atoms with Gasteiger partial charge in [-0.2, -0.15) is 5.10 Å². The number of aromatic nitrogens is 2. The topological polar surface area (TPSA) is 56.6 Å². The number of ether oxygens (including phenoxy) is 2. The zero-order valence-corrected chi connectivity index (χ0v) is 20.8. The maximum absolute atomic E-state index is 13.7. The van der Waals surface area contributed by atoms with Gasteiger partial charge in [0.05, 0.1) is 12.8 Å². The summed E-state index contributed by atoms with van der Waals surface area (Å²) >= 11 is 3.46. The van der Waals surface area contributed by atoms with Crippen LogP contribution in [0.2, 0.25) is 0 Å². The van der Waals surface area contributed by atoms with Crippen molar-refractivity contribution in [3.63, 3.8) is 0 Å². The van der Waals surface area contributed by atoms with Crippen molar-refractivity contribution < 1.29 is 18.7 Å². The van der Waals surface area contributed by atoms with Gasteiger partial charge in [0, 0.05) is 28.3 Å². The van der Waals surface area contributed by atoms with Crippen molar-refractivity contribution >= 4 is 21.8 Å². The van der Waals surface area contributed by atoms with Crippen LogP contribution in [0.15, 0.2) is 83.5 Å². The normalized spacial score (nSPS) is 17.7. The molecule has 178 valence electrons. The zero-order chi connectivity index (χ0) is 24.5. The van der Waals surface area contributed by atoms with Crippen molar-refractivity contribution in [2.24, 2.45) is 0 Å². The van der Waals surface area contributed by atoms with Crippen LogP contribution in [0.5, 0.6) is 5.75 Å². The summed E-state index contributed by atoms with van der Waals surface area (Å²) in [5.41, 5.74) is 3.88. The Morgan fingerprint density at radius 2 is 1.71 bits per heavy atom. The maximum atomic E-state index is 13.7. The highest BCUT2D eigenvalue weighted by atomic mass is 79.9. The smallest absolute Gasteiger partial charge is 0.254 e. The fourth-order valence-corrected chi connectivity index (χ4v) is 4.39. The Bertz CT molecular complexity index is 1340. The van der Waals surface area contributed by atoms with Gasteiger partial charge >= 0.3 is 0 Å². The summed E-state index contributed by atoms with van der Waals surface area (Å²) in [6.07, 6.45) is 0.623. The molecule has 1 amide bonds. The number of methoxy groups -OCH3 is 1. The Hall–Kier alpha value is -3.49. The van der Waals surface area contributed by atoms with E-state index in [0.29, 0.717) is 12.2 Å². The first kappa shape index (κ1) is 23.3. The van der Waals surface area contributed by atoms with Crippen molar-refractivity contribution in [2.45, 2.75) is 25.8 Å². The molecule has 1 aliphatic rings. The Morgan fingerprint density at radius 1 is 1.03 bits per heavy atom. The van der Waals surface area contributed by atoms with Gasteiger partial charge in [-0.05, 0) is 73.2 Å². The number of hydrogen-bond acceptors (Lipinski definition) is 4. The van der Waals surface area contributed by atoms with Crippen molar-refractivity contribution in [3.8, 4) is 22.7 Å². The van der Waals surface area contributed by atoms with Gasteiger partial charge < -0.3 is 14.4 Å². The van der Waals surface area contributed by atoms with E-state index in [1.54, 1.807) is 35.7 Å². The molecule has 2 heterocycles. The van der Waals surface area contributed by atoms with E-state index in [1.807, 2.05) is 54.7 Å². The summed E-state index contributed by atoms with van der Waals surface area (Å²) in [5, 5.41) is 4.81. The number of benzene rings is 3. The van der Waals surface area contributed by atoms with Crippen LogP contribution < -0.4 is 4.74 Å². The third kappa shape index (κ3) is 4.72. The summed E-state index contributed by atoms with van der Waals surface area (Å²) in [6, 6.07) is 21.5. The lowest BCUT2D eigenvalue weighted by Gasteiger charge is -2.23. The molecule has 1 aliphatic heterocycles. The Morgan fingerprint density at radius 3 is 2.37 bits per heavy atom. The van der Waals surface area contributed by atoms with Crippen LogP contribution in [-0.4, -0.2) is 33.8 Å². The predicted molar refractivity (Wildman–Crippen MR) is 133 cm³/mol. The number of nitrogens with zero attached hydrogens (tertiary/aromatic N) is 3. The number of amides is 1. The fraction of sp³-hybridized carbons (Fsp3) is 0.185. The van der Waals surface area contributed by atoms with E-state index in [4.69, 9.17) is 14.6 Å². The first-order valence-corrected chi connectivity index (χ1v) is 11.9. The molecule has 0 spiro atoms. The van der Waals surface area contributed by atoms with Crippen LogP contribution >= 0.6 is 15.9 Å². The summed E-state index contributed by atoms with van der Waals surface area (Å²) in [4.78, 5) is 14.8. The minimum atomic E-state index is -0.649. The van der Waals surface area contributed by atoms with Crippen molar-refractivity contribution in [1.82, 2.24) is 14.7 Å². The summed E-state index contributed by atoms with van der Waals surface area (Å²) in [5.74, 6) is 0.314. The van der Waals surface area contributed by atoms with E-state index < -0.39 is 12.3 Å². The van der Waals surface area contributed by atoms with Crippen LogP contribution in [0, 0.1) is 5.82 Å². The monoisotopic (exact) mass is 535 g/mol. The van der Waals surface area contributed by atoms with Gasteiger partial charge in [-0.25, -0.2) is 9.07 Å². The predicted octanol–water partition coefficient (Wildman–Crippen LogP) is 5.90. The fourth-order valence-electron chi connectivity index (χ4n) is 4.13. The van der Waals surface area contributed by atoms with Gasteiger partial charge in [-0.1, -0.05) is 28.1 Å². The SMILES string of the molecule is COc1ccc(CN2C(=O)[C@H](C)O[C@@H]2c2cn(-c3ccc(Br)cc3)nc2-c2ccc(F)cc2)cc1. The van der Waals surface area contributed by atoms with E-state index in [2.05, 4.69) is 15.9 Å². The van der Waals surface area contributed by atoms with Gasteiger partial charge in [0.25, 0.3) is 5.91 Å². The lowest BCUT2D eigenvalue weighted by Crippen LogP contribution is -2.29. The quantitative estimate of drug-likeness (QED) is 0.308. The molecule has 0 unspecified atom stereocenters. The molecule has 8 heteroatoms. The van der Waals surface area contributed by atoms with Crippen molar-refractivity contribution in [1.29, 1.82) is 0 Å². The molecular formula is C27H23BrFN3O3. The molecule has 6 nitrogen and oxygen atoms in total. The minimum Gasteiger partial charge on any atom is -0.497 e. The highest BCUT2D eigenvalue weighted by Gasteiger charge is 2.41. The number of halogens is 2. The average molecular weight is 536 g/mol. The van der Waals surface area contributed by atoms with Gasteiger partial charge in [0.15, 0.2) is 6.23 Å². The van der Waals surface area contributed by atoms with Crippen molar-refractivity contribution in [3.05, 3.63) is 100 Å². The maximum Gasteiger partial charge on any atom is 0.254 e. The first-order valence-electron chi connectivity index (χ1n) is 11.1. The lowest BCUT2D eigenvalue weighted by atomic mass is 10.1. The number of rotatable bonds is 6. The average Bonchev–Trinajstić information content (AvgIpc) is 3.42. The van der Waals surface area contributed by atoms with E-state index >= 15 is 0 Å². The molecule has 0 N–H and O–H groups in total. The summed E-state index contributed by atoms with van der Waals surface area (Å²) < 4.78 is 27.8. The lowest BCUT2D eigenvalue weighted by molar-refractivity contribution is -0.130. The third-order valence-electron chi connectivity index (χ3n) is 5.98. The zero-order valence-electron chi connectivity index (χ0n) is 19.2. The Labute approximate surface area is 211 Å². The number of carbonyl (C=O) groups excluding carboxylic acids is 1. The second-order valence-electron chi connectivity index (χ2n) is 8.31. The molecular weight excluding hydrogens is 513 g/mol. The molecule has 0 aliphatic carbocycles. The van der Waals surface area contributed by atoms with E-state index in [0.717, 1.165) is 32.6 Å². The number of hydrogen-bond donors (Lipinski definition) is 0. The van der Waals surface area contributed by atoms with Crippen molar-refractivity contribution in [2.75, 3.05) is 7.11 Å². The Balaban J connectivity index is 1.57. The molecule has 1 aromatic heterocycles. The molecule has 0 bridgehead atoms. The first-order chi connectivity index (χ1) is 16.9. The summed E-state index contributed by atoms with van der Waals surface area (Å²) in [7, 11) is 1.62. The second-order valence-corrected chi connectivity index (χ2v) is 9.22. The van der Waals surface area contributed by atoms with Gasteiger partial charge in [0.2, 0.25) is 0 Å². The largest absolute Gasteiger partial charge is 0.497 e. The van der Waals surface area contributed by atoms with E-state index in [1.165, 1.54) is 12.1 Å². The molecule has 5 rings (SSSR count). The highest BCUT2D eigenvalue weighted by molar-refractivity contribution is 9.10. The van der Waals surface area contributed by atoms with E-state index in [9.17, 15) is 9.18 Å². The molecule has 3 aromatic carbocycles. The molecule has 0 saturated carbocycles. The molecule has 4 aromatic rings. The highest BCUT2D eigenvalue weighted by Crippen LogP contribution is 2.38. The Kier molecular flexibility index (Phi) is 6.40. The molecule has 2 atom stereocenters. The molecule has 1 saturated heterocycles. The van der Waals surface area contributed by atoms with E-state index in [-0.39, 0.29) is 11.7 Å². The standard InChI is InChI=1S/C27H23BrFN3O3/c1-17-26(33)31(15-18-3-13-23(34-2)14-4-18)27(35-17)24-16-32(22-11-7-20(28)8-12-22)30-25(24)19-5-9-21(29)10-6-19/h3-14,16-17,27H,15H2,1-2H3/t17-,27+/m0/s1. The number of carbonyl (C=O) groups is 1. The van der Waals surface area contributed by atoms with Crippen LogP contribution in [0.4, 0.5) is 4.39 Å². The van der Waals surface area contributed by atoms with Crippen LogP contribution in [0.1, 0.15) is 24.3 Å². The summed E-state index contributed by atoms with van der Waals surface area (Å²) in [6.45, 7) is 2.12. The van der Waals surface area contributed by atoms with Gasteiger partial charge in [0.1, 0.15) is 23.4 Å². The van der Waals surface area contributed by atoms with Gasteiger partial charge in [-0.15, -0.1) is 0 Å². The van der Waals surface area contributed by atoms with Crippen LogP contribution in [-0.2, 0) is 16.1 Å². The molecule has 35 heavy (non-hydrogen) atoms.